The van der Waals surface area contributed by atoms with Crippen molar-refractivity contribution in [1.82, 2.24) is 19.9 Å². The van der Waals surface area contributed by atoms with Crippen LogP contribution in [0.25, 0.3) is 20.9 Å². The number of anilines is 3. The first-order chi connectivity index (χ1) is 30.6. The van der Waals surface area contributed by atoms with Gasteiger partial charge in [-0.3, -0.25) is 0 Å². The molecule has 360 valence electrons. The van der Waals surface area contributed by atoms with E-state index in [1.165, 1.54) is 6.20 Å². The molecule has 0 amide bonds. The van der Waals surface area contributed by atoms with Crippen molar-refractivity contribution < 1.29 is 14.2 Å². The number of benzene rings is 2. The molecule has 67 heavy (non-hydrogen) atoms. The highest BCUT2D eigenvalue weighted by Crippen LogP contribution is 2.42. The van der Waals surface area contributed by atoms with Crippen molar-refractivity contribution in [2.75, 3.05) is 44.3 Å². The molecule has 0 saturated heterocycles. The van der Waals surface area contributed by atoms with Crippen LogP contribution in [0, 0.1) is 22.9 Å². The zero-order valence-electron chi connectivity index (χ0n) is 38.8. The van der Waals surface area contributed by atoms with Crippen LogP contribution in [-0.2, 0) is 9.13 Å². The van der Waals surface area contributed by atoms with Crippen LogP contribution in [0.4, 0.5) is 17.2 Å². The van der Waals surface area contributed by atoms with E-state index in [1.807, 2.05) is 36.4 Å². The van der Waals surface area contributed by atoms with Crippen LogP contribution in [0.5, 0.6) is 0 Å². The van der Waals surface area contributed by atoms with Gasteiger partial charge >= 0.3 is 0 Å². The Balaban J connectivity index is 0.000000362. The van der Waals surface area contributed by atoms with Crippen LogP contribution in [0.1, 0.15) is 36.9 Å². The summed E-state index contributed by atoms with van der Waals surface area (Å²) in [5, 5.41) is 13.4. The lowest BCUT2D eigenvalue weighted by atomic mass is 10.1. The smallest absolute Gasteiger partial charge is 0.224 e. The topological polar surface area (TPSA) is 144 Å². The maximum atomic E-state index is 13.1. The lowest BCUT2D eigenvalue weighted by molar-refractivity contribution is 0.287. The number of nitrogens with zero attached hydrogens (tertiary/aromatic N) is 4. The van der Waals surface area contributed by atoms with E-state index < -0.39 is 30.4 Å². The predicted molar refractivity (Wildman–Crippen MR) is 309 cm³/mol. The predicted octanol–water partition coefficient (Wildman–Crippen LogP) is 15.3. The van der Waals surface area contributed by atoms with Gasteiger partial charge in [-0.2, -0.15) is 4.98 Å². The number of aliphatic hydroxyl groups excluding tert-OH is 1. The van der Waals surface area contributed by atoms with E-state index in [2.05, 4.69) is 151 Å². The summed E-state index contributed by atoms with van der Waals surface area (Å²) in [6, 6.07) is 20.0. The van der Waals surface area contributed by atoms with Gasteiger partial charge in [0.05, 0.1) is 24.4 Å². The normalized spacial score (nSPS) is 11.1. The molecule has 0 aliphatic carbocycles. The largest absolute Gasteiger partial charge is 0.398 e. The van der Waals surface area contributed by atoms with E-state index in [1.54, 1.807) is 55.5 Å². The van der Waals surface area contributed by atoms with E-state index in [0.29, 0.717) is 32.2 Å². The first-order valence-corrected chi connectivity index (χ1v) is 37.0. The third-order valence-electron chi connectivity index (χ3n) is 8.24. The average molecular weight is 1200 g/mol. The molecule has 0 spiro atoms. The number of nitrogens with two attached hydrogens (primary N) is 1. The minimum Gasteiger partial charge on any atom is -0.398 e. The lowest BCUT2D eigenvalue weighted by Crippen LogP contribution is -2.16. The van der Waals surface area contributed by atoms with Crippen LogP contribution in [0.15, 0.2) is 82.0 Å². The molecule has 20 heteroatoms. The molecule has 0 fully saturated rings. The average Bonchev–Trinajstić information content (AvgIpc) is 3.90. The SMILES string of the molecule is C.CCCCO.C[Si](C)(C)C#Cc1ccc(-c2ccc(N)c(P(C)(C)=O)c2)s1.C[Si](C)(C)C#Cc1ccc(-c2ccc(Nc3nc(Cl)ncc3Br)c(P(C)(C)=O)c2)s1.Clc1ncc(Br)c(Cl)n1. The van der Waals surface area contributed by atoms with Crippen LogP contribution >= 0.6 is 104 Å². The molecule has 4 N–H and O–H groups in total. The van der Waals surface area contributed by atoms with Crippen molar-refractivity contribution in [2.45, 2.75) is 66.5 Å². The maximum Gasteiger partial charge on any atom is 0.224 e. The van der Waals surface area contributed by atoms with Gasteiger partial charge < -0.3 is 25.3 Å². The van der Waals surface area contributed by atoms with E-state index in [4.69, 9.17) is 45.6 Å². The van der Waals surface area contributed by atoms with E-state index in [-0.39, 0.29) is 18.0 Å². The number of thiophene rings is 2. The fourth-order valence-electron chi connectivity index (χ4n) is 5.06. The summed E-state index contributed by atoms with van der Waals surface area (Å²) in [6.45, 7) is 22.8. The van der Waals surface area contributed by atoms with Crippen molar-refractivity contribution in [3.8, 4) is 43.8 Å². The summed E-state index contributed by atoms with van der Waals surface area (Å²) in [6.07, 6.45) is 5.12. The molecule has 0 radical (unpaired) electrons. The Morgan fingerprint density at radius 2 is 1.18 bits per heavy atom. The summed E-state index contributed by atoms with van der Waals surface area (Å²) in [4.78, 5) is 19.8. The van der Waals surface area contributed by atoms with E-state index in [9.17, 15) is 9.13 Å². The molecule has 4 heterocycles. The van der Waals surface area contributed by atoms with Crippen LogP contribution in [0.2, 0.25) is 55.0 Å². The Kier molecular flexibility index (Phi) is 24.5. The highest BCUT2D eigenvalue weighted by molar-refractivity contribution is 9.11. The zero-order chi connectivity index (χ0) is 49.6. The number of aliphatic hydroxyl groups is 1. The molecular formula is C47H59Br2Cl3N6O3P2S2Si2. The van der Waals surface area contributed by atoms with Gasteiger partial charge in [-0.25, -0.2) is 15.0 Å². The first kappa shape index (κ1) is 60.5. The highest BCUT2D eigenvalue weighted by Gasteiger charge is 2.20. The second-order valence-corrected chi connectivity index (χ2v) is 38.1. The number of hydrogen-bond acceptors (Lipinski definition) is 11. The number of nitrogen functional groups attached to an aromatic ring is 1. The number of hydrogen-bond donors (Lipinski definition) is 3. The molecule has 0 atom stereocenters. The monoisotopic (exact) mass is 1200 g/mol. The van der Waals surface area contributed by atoms with Crippen LogP contribution < -0.4 is 21.7 Å². The molecule has 0 aliphatic heterocycles. The first-order valence-electron chi connectivity index (χ1n) is 20.4. The summed E-state index contributed by atoms with van der Waals surface area (Å²) in [7, 11) is -7.72. The fourth-order valence-corrected chi connectivity index (χ4v) is 11.2. The number of nitrogens with one attached hydrogen (secondary N) is 1. The Morgan fingerprint density at radius 1 is 0.716 bits per heavy atom. The molecular weight excluding hydrogens is 1140 g/mol. The van der Waals surface area contributed by atoms with Gasteiger partial charge in [0.25, 0.3) is 0 Å². The molecule has 6 rings (SSSR count). The summed E-state index contributed by atoms with van der Waals surface area (Å²) in [5.41, 5.74) is 16.2. The van der Waals surface area contributed by atoms with Crippen molar-refractivity contribution in [1.29, 1.82) is 0 Å². The van der Waals surface area contributed by atoms with E-state index >= 15 is 0 Å². The van der Waals surface area contributed by atoms with Gasteiger partial charge in [-0.15, -0.1) is 33.8 Å². The number of halogens is 5. The summed E-state index contributed by atoms with van der Waals surface area (Å²) >= 11 is 26.7. The number of aromatic nitrogens is 4. The Bertz CT molecular complexity index is 2840. The summed E-state index contributed by atoms with van der Waals surface area (Å²) in [5.74, 6) is 7.11. The minimum absolute atomic E-state index is 0. The highest BCUT2D eigenvalue weighted by atomic mass is 79.9. The quantitative estimate of drug-likeness (QED) is 0.0339. The van der Waals surface area contributed by atoms with Crippen LogP contribution in [-0.4, -0.2) is 74.5 Å². The molecule has 0 unspecified atom stereocenters. The second kappa shape index (κ2) is 27.1. The second-order valence-electron chi connectivity index (χ2n) is 17.4. The number of rotatable bonds is 8. The third-order valence-corrected chi connectivity index (χ3v) is 17.2. The number of unbranched alkanes of at least 4 members (excludes halogenated alkanes) is 1. The lowest BCUT2D eigenvalue weighted by Gasteiger charge is -2.17. The van der Waals surface area contributed by atoms with Crippen molar-refractivity contribution in [3.05, 3.63) is 107 Å². The van der Waals surface area contributed by atoms with Crippen LogP contribution in [0.3, 0.4) is 0 Å². The molecule has 9 nitrogen and oxygen atoms in total. The molecule has 0 bridgehead atoms. The molecule has 2 aromatic carbocycles. The van der Waals surface area contributed by atoms with Gasteiger partial charge in [-0.1, -0.05) is 95.6 Å². The van der Waals surface area contributed by atoms with Gasteiger partial charge in [0.2, 0.25) is 10.6 Å². The molecule has 0 aliphatic rings. The Hall–Kier alpha value is -2.60. The zero-order valence-corrected chi connectivity index (χ0v) is 49.6. The van der Waals surface area contributed by atoms with E-state index in [0.717, 1.165) is 59.8 Å². The molecule has 0 saturated carbocycles. The molecule has 6 aromatic rings. The third kappa shape index (κ3) is 21.5. The van der Waals surface area contributed by atoms with Crippen molar-refractivity contribution >= 4 is 148 Å². The van der Waals surface area contributed by atoms with Gasteiger partial charge in [0, 0.05) is 45.1 Å². The molecule has 4 aromatic heterocycles. The minimum atomic E-state index is -2.57. The standard InChI is InChI=1S/C21H22BrClN3OPSSi.C17H22NOPSSi.C4HBrCl2N2.C4H10O.CH4/c1-28(2,27)18-12-14(19-9-7-15(29-19)10-11-30(3,4)5)6-8-17(18)25-20-16(22)13-24-21(23)26-20;1-20(2,19)16-12-13(6-8-15(16)18)17-9-7-14(21-17)10-11-22(3,4)5;5-2-1-8-4(7)9-3(2)6;1-2-3-4-5;/h6-9,12-13H,1-5H3,(H,24,25,26);6-9,12H,18H2,1-5H3;1H;5H,2-4H2,1H3;1H4. The van der Waals surface area contributed by atoms with Gasteiger partial charge in [-0.05, 0) is 148 Å². The van der Waals surface area contributed by atoms with Gasteiger partial charge in [0.1, 0.15) is 41.4 Å². The Morgan fingerprint density at radius 3 is 1.60 bits per heavy atom. The van der Waals surface area contributed by atoms with Crippen molar-refractivity contribution in [3.63, 3.8) is 0 Å². The fraction of sp³-hybridized carbons (Fsp3) is 0.319. The van der Waals surface area contributed by atoms with Crippen molar-refractivity contribution in [2.24, 2.45) is 0 Å². The Labute approximate surface area is 440 Å². The maximum absolute atomic E-state index is 13.1. The summed E-state index contributed by atoms with van der Waals surface area (Å²) < 4.78 is 26.7. The van der Waals surface area contributed by atoms with Gasteiger partial charge in [0.15, 0.2) is 0 Å².